The molecule has 0 amide bonds. The molecule has 1 aliphatic carbocycles. The number of thioether (sulfide) groups is 1. The summed E-state index contributed by atoms with van der Waals surface area (Å²) in [6.07, 6.45) is 13.5. The fourth-order valence-electron chi connectivity index (χ4n) is 3.43. The number of hydrogen-bond donors (Lipinski definition) is 0. The first-order valence-corrected chi connectivity index (χ1v) is 11.4. The van der Waals surface area contributed by atoms with Gasteiger partial charge in [-0.2, -0.15) is 0 Å². The van der Waals surface area contributed by atoms with Gasteiger partial charge in [0, 0.05) is 23.6 Å². The van der Waals surface area contributed by atoms with Crippen LogP contribution in [-0.4, -0.2) is 21.8 Å². The van der Waals surface area contributed by atoms with Gasteiger partial charge in [0.15, 0.2) is 5.78 Å². The molecule has 0 fully saturated rings. The summed E-state index contributed by atoms with van der Waals surface area (Å²) >= 11 is 1.07. The van der Waals surface area contributed by atoms with Crippen LogP contribution in [-0.2, 0) is 6.42 Å². The molecule has 0 radical (unpaired) electrons. The van der Waals surface area contributed by atoms with Crippen LogP contribution in [0.1, 0.15) is 91.3 Å². The molecule has 0 saturated carbocycles. The number of carbonyl (C=O) groups is 2. The van der Waals surface area contributed by atoms with Gasteiger partial charge in [-0.1, -0.05) is 82.6 Å². The van der Waals surface area contributed by atoms with Crippen LogP contribution in [0.4, 0.5) is 0 Å². The van der Waals surface area contributed by atoms with Gasteiger partial charge < -0.3 is 4.42 Å². The fraction of sp³-hybridized carbons (Fsp3) is 0.478. The standard InChI is InChI=1S/C23H28N2O3S/c1-2-3-4-5-6-7-8-9-10-15-21-24-25-23(28-21)29-20-16-19(26)17-13-11-12-14-18(17)22(20)27/h11-14,16H,2-10,15H2,1H3. The number of unbranched alkanes of at least 4 members (excludes halogenated alkanes) is 8. The number of carbonyl (C=O) groups excluding carboxylic acids is 2. The molecule has 0 saturated heterocycles. The van der Waals surface area contributed by atoms with Gasteiger partial charge in [-0.05, 0) is 18.2 Å². The maximum Gasteiger partial charge on any atom is 0.281 e. The summed E-state index contributed by atoms with van der Waals surface area (Å²) in [6, 6.07) is 6.86. The summed E-state index contributed by atoms with van der Waals surface area (Å²) in [6.45, 7) is 2.24. The summed E-state index contributed by atoms with van der Waals surface area (Å²) in [4.78, 5) is 25.2. The summed E-state index contributed by atoms with van der Waals surface area (Å²) in [5.41, 5.74) is 0.871. The van der Waals surface area contributed by atoms with Crippen molar-refractivity contribution in [2.24, 2.45) is 0 Å². The Hall–Kier alpha value is -2.21. The second-order valence-electron chi connectivity index (χ2n) is 7.39. The van der Waals surface area contributed by atoms with Crippen LogP contribution in [0, 0.1) is 0 Å². The molecule has 1 heterocycles. The Morgan fingerprint density at radius 2 is 1.52 bits per heavy atom. The minimum absolute atomic E-state index is 0.169. The van der Waals surface area contributed by atoms with E-state index in [9.17, 15) is 9.59 Å². The van der Waals surface area contributed by atoms with Gasteiger partial charge in [0.05, 0.1) is 4.91 Å². The van der Waals surface area contributed by atoms with Crippen LogP contribution in [0.15, 0.2) is 44.9 Å². The maximum absolute atomic E-state index is 12.6. The van der Waals surface area contributed by atoms with Crippen LogP contribution >= 0.6 is 11.8 Å². The summed E-state index contributed by atoms with van der Waals surface area (Å²) in [5, 5.41) is 8.41. The van der Waals surface area contributed by atoms with Gasteiger partial charge in [0.25, 0.3) is 5.22 Å². The van der Waals surface area contributed by atoms with Gasteiger partial charge in [0.1, 0.15) is 0 Å². The minimum Gasteiger partial charge on any atom is -0.416 e. The maximum atomic E-state index is 12.6. The quantitative estimate of drug-likeness (QED) is 0.387. The van der Waals surface area contributed by atoms with Crippen molar-refractivity contribution in [3.63, 3.8) is 0 Å². The molecule has 6 heteroatoms. The van der Waals surface area contributed by atoms with Crippen molar-refractivity contribution in [3.8, 4) is 0 Å². The SMILES string of the molecule is CCCCCCCCCCCc1nnc(SC2=CC(=O)c3ccccc3C2=O)o1. The number of rotatable bonds is 12. The Morgan fingerprint density at radius 3 is 2.24 bits per heavy atom. The topological polar surface area (TPSA) is 73.1 Å². The zero-order valence-electron chi connectivity index (χ0n) is 17.0. The third-order valence-corrected chi connectivity index (χ3v) is 5.93. The van der Waals surface area contributed by atoms with Crippen LogP contribution in [0.25, 0.3) is 0 Å². The number of aryl methyl sites for hydroxylation is 1. The molecular weight excluding hydrogens is 384 g/mol. The molecule has 1 aromatic heterocycles. The normalized spacial score (nSPS) is 13.5. The van der Waals surface area contributed by atoms with Crippen molar-refractivity contribution < 1.29 is 14.0 Å². The third-order valence-electron chi connectivity index (χ3n) is 5.06. The third kappa shape index (κ3) is 6.13. The van der Waals surface area contributed by atoms with E-state index in [1.807, 2.05) is 0 Å². The largest absolute Gasteiger partial charge is 0.416 e. The number of nitrogens with zero attached hydrogens (tertiary/aromatic N) is 2. The first-order chi connectivity index (χ1) is 14.2. The van der Waals surface area contributed by atoms with E-state index in [1.165, 1.54) is 51.0 Å². The molecule has 3 rings (SSSR count). The van der Waals surface area contributed by atoms with Crippen molar-refractivity contribution in [1.82, 2.24) is 10.2 Å². The summed E-state index contributed by atoms with van der Waals surface area (Å²) in [5.74, 6) is 0.243. The predicted molar refractivity (Wildman–Crippen MR) is 114 cm³/mol. The minimum atomic E-state index is -0.177. The molecule has 2 aromatic rings. The number of aromatic nitrogens is 2. The zero-order chi connectivity index (χ0) is 20.5. The smallest absolute Gasteiger partial charge is 0.281 e. The molecule has 0 bridgehead atoms. The van der Waals surface area contributed by atoms with E-state index in [0.717, 1.165) is 31.0 Å². The molecule has 1 aromatic carbocycles. The number of ketones is 2. The van der Waals surface area contributed by atoms with E-state index in [1.54, 1.807) is 24.3 Å². The van der Waals surface area contributed by atoms with Gasteiger partial charge in [-0.25, -0.2) is 0 Å². The lowest BCUT2D eigenvalue weighted by Gasteiger charge is -2.12. The van der Waals surface area contributed by atoms with E-state index < -0.39 is 0 Å². The molecule has 0 aliphatic heterocycles. The van der Waals surface area contributed by atoms with Crippen LogP contribution in [0.5, 0.6) is 0 Å². The second-order valence-corrected chi connectivity index (χ2v) is 8.38. The highest BCUT2D eigenvalue weighted by atomic mass is 32.2. The molecule has 5 nitrogen and oxygen atoms in total. The molecule has 0 N–H and O–H groups in total. The lowest BCUT2D eigenvalue weighted by atomic mass is 9.95. The van der Waals surface area contributed by atoms with Gasteiger partial charge in [-0.3, -0.25) is 9.59 Å². The van der Waals surface area contributed by atoms with Crippen molar-refractivity contribution in [2.45, 2.75) is 76.4 Å². The number of benzene rings is 1. The molecule has 1 aliphatic rings. The Labute approximate surface area is 176 Å². The molecule has 0 atom stereocenters. The predicted octanol–water partition coefficient (Wildman–Crippen LogP) is 6.20. The van der Waals surface area contributed by atoms with Crippen molar-refractivity contribution >= 4 is 23.3 Å². The molecule has 0 spiro atoms. The van der Waals surface area contributed by atoms with Crippen molar-refractivity contribution in [2.75, 3.05) is 0 Å². The average molecular weight is 413 g/mol. The number of allylic oxidation sites excluding steroid dienone is 2. The number of Topliss-reactive ketones (excluding diaryl/α,β-unsaturated/α-hetero) is 1. The Bertz CT molecular complexity index is 873. The first kappa shape index (κ1) is 21.5. The number of fused-ring (bicyclic) bond motifs is 1. The van der Waals surface area contributed by atoms with Crippen molar-refractivity contribution in [1.29, 1.82) is 0 Å². The highest BCUT2D eigenvalue weighted by Crippen LogP contribution is 2.32. The van der Waals surface area contributed by atoms with E-state index in [0.29, 0.717) is 27.1 Å². The lowest BCUT2D eigenvalue weighted by Crippen LogP contribution is -2.15. The molecule has 154 valence electrons. The van der Waals surface area contributed by atoms with Crippen LogP contribution in [0.3, 0.4) is 0 Å². The highest BCUT2D eigenvalue weighted by molar-refractivity contribution is 8.03. The molecule has 29 heavy (non-hydrogen) atoms. The second kappa shape index (κ2) is 11.1. The van der Waals surface area contributed by atoms with Gasteiger partial charge in [-0.15, -0.1) is 10.2 Å². The molecular formula is C23H28N2O3S. The highest BCUT2D eigenvalue weighted by Gasteiger charge is 2.27. The Morgan fingerprint density at radius 1 is 0.862 bits per heavy atom. The van der Waals surface area contributed by atoms with Crippen LogP contribution in [0.2, 0.25) is 0 Å². The lowest BCUT2D eigenvalue weighted by molar-refractivity contribution is 0.0991. The molecule has 0 unspecified atom stereocenters. The monoisotopic (exact) mass is 412 g/mol. The first-order valence-electron chi connectivity index (χ1n) is 10.6. The van der Waals surface area contributed by atoms with Crippen LogP contribution < -0.4 is 0 Å². The summed E-state index contributed by atoms with van der Waals surface area (Å²) in [7, 11) is 0. The average Bonchev–Trinajstić information content (AvgIpc) is 3.18. The summed E-state index contributed by atoms with van der Waals surface area (Å²) < 4.78 is 5.67. The number of hydrogen-bond acceptors (Lipinski definition) is 6. The van der Waals surface area contributed by atoms with E-state index in [4.69, 9.17) is 4.42 Å². The fourth-order valence-corrected chi connectivity index (χ4v) is 4.20. The van der Waals surface area contributed by atoms with E-state index in [-0.39, 0.29) is 11.6 Å². The van der Waals surface area contributed by atoms with Gasteiger partial charge >= 0.3 is 0 Å². The van der Waals surface area contributed by atoms with Crippen molar-refractivity contribution in [3.05, 3.63) is 52.3 Å². The van der Waals surface area contributed by atoms with E-state index in [2.05, 4.69) is 17.1 Å². The Kier molecular flexibility index (Phi) is 8.23. The Balaban J connectivity index is 1.42. The van der Waals surface area contributed by atoms with Gasteiger partial charge in [0.2, 0.25) is 11.7 Å². The zero-order valence-corrected chi connectivity index (χ0v) is 17.8. The van der Waals surface area contributed by atoms with E-state index >= 15 is 0 Å².